The van der Waals surface area contributed by atoms with Gasteiger partial charge in [-0.1, -0.05) is 75.4 Å². The molecular weight excluding hydrogens is 439 g/mol. The van der Waals surface area contributed by atoms with Crippen LogP contribution < -0.4 is 4.74 Å². The van der Waals surface area contributed by atoms with Crippen molar-refractivity contribution in [2.24, 2.45) is 0 Å². The lowest BCUT2D eigenvalue weighted by Gasteiger charge is -2.22. The number of hydrogen-bond acceptors (Lipinski definition) is 3. The second-order valence-corrected chi connectivity index (χ2v) is 9.68. The zero-order valence-electron chi connectivity index (χ0n) is 20.1. The van der Waals surface area contributed by atoms with Gasteiger partial charge in [-0.15, -0.1) is 0 Å². The second kappa shape index (κ2) is 10.6. The fourth-order valence-corrected chi connectivity index (χ4v) is 3.83. The number of benzene rings is 3. The van der Waals surface area contributed by atoms with Crippen molar-refractivity contribution in [2.45, 2.75) is 45.0 Å². The van der Waals surface area contributed by atoms with Crippen LogP contribution >= 0.6 is 0 Å². The topological polar surface area (TPSA) is 32.7 Å². The molecule has 3 nitrogen and oxygen atoms in total. The number of alkyl halides is 3. The zero-order valence-corrected chi connectivity index (χ0v) is 20.1. The number of rotatable bonds is 8. The number of ether oxygens (including phenoxy) is 1. The summed E-state index contributed by atoms with van der Waals surface area (Å²) in [6.45, 7) is 7.04. The van der Waals surface area contributed by atoms with Crippen molar-refractivity contribution in [2.75, 3.05) is 20.2 Å². The fourth-order valence-electron chi connectivity index (χ4n) is 3.83. The number of aliphatic hydroxyl groups is 1. The van der Waals surface area contributed by atoms with E-state index in [9.17, 15) is 18.3 Å². The first kappa shape index (κ1) is 25.8. The average molecular weight is 472 g/mol. The van der Waals surface area contributed by atoms with Gasteiger partial charge in [-0.3, -0.25) is 4.90 Å². The minimum absolute atomic E-state index is 0.0477. The van der Waals surface area contributed by atoms with E-state index in [0.29, 0.717) is 16.9 Å². The summed E-state index contributed by atoms with van der Waals surface area (Å²) in [6, 6.07) is 20.7. The van der Waals surface area contributed by atoms with Crippen LogP contribution in [0.2, 0.25) is 0 Å². The molecule has 0 heterocycles. The van der Waals surface area contributed by atoms with E-state index >= 15 is 0 Å². The maximum absolute atomic E-state index is 13.7. The molecule has 0 aliphatic rings. The van der Waals surface area contributed by atoms with Crippen molar-refractivity contribution in [3.63, 3.8) is 0 Å². The summed E-state index contributed by atoms with van der Waals surface area (Å²) >= 11 is 0. The van der Waals surface area contributed by atoms with E-state index in [2.05, 4.69) is 20.8 Å². The molecule has 0 spiro atoms. The van der Waals surface area contributed by atoms with Crippen molar-refractivity contribution < 1.29 is 23.0 Å². The standard InChI is InChI=1S/C28H32F3NO2/c1-27(2,3)22-11-13-24(14-12-22)34-19-23(33)18-32(4)17-20-10-15-25(21-8-6-5-7-9-21)26(16-20)28(29,30)31/h5-16,23,33H,17-19H2,1-4H3. The van der Waals surface area contributed by atoms with E-state index in [-0.39, 0.29) is 30.7 Å². The Morgan fingerprint density at radius 2 is 1.56 bits per heavy atom. The molecule has 1 atom stereocenters. The first-order valence-corrected chi connectivity index (χ1v) is 11.3. The first-order chi connectivity index (χ1) is 15.9. The van der Waals surface area contributed by atoms with Gasteiger partial charge in [0.15, 0.2) is 0 Å². The quantitative estimate of drug-likeness (QED) is 0.405. The molecular formula is C28H32F3NO2. The van der Waals surface area contributed by atoms with E-state index < -0.39 is 17.8 Å². The third-order valence-electron chi connectivity index (χ3n) is 5.61. The summed E-state index contributed by atoms with van der Waals surface area (Å²) in [4.78, 5) is 1.79. The molecule has 0 saturated carbocycles. The second-order valence-electron chi connectivity index (χ2n) is 9.68. The van der Waals surface area contributed by atoms with Crippen LogP contribution in [0, 0.1) is 0 Å². The first-order valence-electron chi connectivity index (χ1n) is 11.3. The van der Waals surface area contributed by atoms with E-state index in [4.69, 9.17) is 4.74 Å². The Kier molecular flexibility index (Phi) is 8.05. The molecule has 0 aliphatic carbocycles. The third kappa shape index (κ3) is 7.08. The van der Waals surface area contributed by atoms with Crippen LogP contribution in [0.5, 0.6) is 5.75 Å². The van der Waals surface area contributed by atoms with Crippen LogP contribution in [-0.2, 0) is 18.1 Å². The molecule has 182 valence electrons. The SMILES string of the molecule is CN(Cc1ccc(-c2ccccc2)c(C(F)(F)F)c1)CC(O)COc1ccc(C(C)(C)C)cc1. The van der Waals surface area contributed by atoms with Crippen LogP contribution in [0.15, 0.2) is 72.8 Å². The number of halogens is 3. The summed E-state index contributed by atoms with van der Waals surface area (Å²) < 4.78 is 46.9. The van der Waals surface area contributed by atoms with Gasteiger partial charge in [0.05, 0.1) is 5.56 Å². The molecule has 0 aromatic heterocycles. The van der Waals surface area contributed by atoms with E-state index in [1.54, 1.807) is 48.3 Å². The molecule has 1 N–H and O–H groups in total. The Bertz CT molecular complexity index is 1060. The number of aliphatic hydroxyl groups excluding tert-OH is 1. The van der Waals surface area contributed by atoms with E-state index in [1.165, 1.54) is 17.7 Å². The van der Waals surface area contributed by atoms with Gasteiger partial charge < -0.3 is 9.84 Å². The summed E-state index contributed by atoms with van der Waals surface area (Å²) in [5.74, 6) is 0.668. The maximum Gasteiger partial charge on any atom is 0.417 e. The monoisotopic (exact) mass is 471 g/mol. The van der Waals surface area contributed by atoms with Gasteiger partial charge >= 0.3 is 6.18 Å². The molecule has 1 unspecified atom stereocenters. The van der Waals surface area contributed by atoms with E-state index in [1.807, 2.05) is 24.3 Å². The van der Waals surface area contributed by atoms with Crippen LogP contribution in [-0.4, -0.2) is 36.3 Å². The number of nitrogens with zero attached hydrogens (tertiary/aromatic N) is 1. The van der Waals surface area contributed by atoms with Gasteiger partial charge in [-0.25, -0.2) is 0 Å². The van der Waals surface area contributed by atoms with Crippen molar-refractivity contribution >= 4 is 0 Å². The van der Waals surface area contributed by atoms with Gasteiger partial charge in [0.1, 0.15) is 18.5 Å². The molecule has 0 fully saturated rings. The third-order valence-corrected chi connectivity index (χ3v) is 5.61. The summed E-state index contributed by atoms with van der Waals surface area (Å²) in [6.07, 6.45) is -5.24. The highest BCUT2D eigenvalue weighted by Crippen LogP contribution is 2.37. The van der Waals surface area contributed by atoms with Crippen molar-refractivity contribution in [1.82, 2.24) is 4.90 Å². The highest BCUT2D eigenvalue weighted by atomic mass is 19.4. The van der Waals surface area contributed by atoms with Crippen LogP contribution in [0.1, 0.15) is 37.5 Å². The van der Waals surface area contributed by atoms with Crippen molar-refractivity contribution in [3.05, 3.63) is 89.5 Å². The Morgan fingerprint density at radius 3 is 2.15 bits per heavy atom. The molecule has 0 aliphatic heterocycles. The van der Waals surface area contributed by atoms with Gasteiger partial charge in [-0.05, 0) is 52.9 Å². The average Bonchev–Trinajstić information content (AvgIpc) is 2.77. The molecule has 0 saturated heterocycles. The number of hydrogen-bond donors (Lipinski definition) is 1. The van der Waals surface area contributed by atoms with Gasteiger partial charge in [0.2, 0.25) is 0 Å². The molecule has 0 radical (unpaired) electrons. The smallest absolute Gasteiger partial charge is 0.417 e. The van der Waals surface area contributed by atoms with E-state index in [0.717, 1.165) is 0 Å². The lowest BCUT2D eigenvalue weighted by atomic mass is 9.87. The highest BCUT2D eigenvalue weighted by molar-refractivity contribution is 5.68. The molecule has 6 heteroatoms. The molecule has 3 aromatic rings. The van der Waals surface area contributed by atoms with Gasteiger partial charge in [0.25, 0.3) is 0 Å². The zero-order chi connectivity index (χ0) is 24.9. The Labute approximate surface area is 199 Å². The largest absolute Gasteiger partial charge is 0.491 e. The Hall–Kier alpha value is -2.83. The highest BCUT2D eigenvalue weighted by Gasteiger charge is 2.34. The van der Waals surface area contributed by atoms with Gasteiger partial charge in [0, 0.05) is 13.1 Å². The predicted octanol–water partition coefficient (Wildman–Crippen LogP) is 6.54. The summed E-state index contributed by atoms with van der Waals surface area (Å²) in [5.41, 5.74) is 1.79. The Balaban J connectivity index is 1.60. The van der Waals surface area contributed by atoms with Crippen molar-refractivity contribution in [3.8, 4) is 16.9 Å². The molecule has 3 aromatic carbocycles. The summed E-state index contributed by atoms with van der Waals surface area (Å²) in [5, 5.41) is 10.4. The maximum atomic E-state index is 13.7. The van der Waals surface area contributed by atoms with Crippen molar-refractivity contribution in [1.29, 1.82) is 0 Å². The molecule has 0 bridgehead atoms. The normalized spacial score (nSPS) is 13.2. The lowest BCUT2D eigenvalue weighted by Crippen LogP contribution is -2.32. The van der Waals surface area contributed by atoms with Gasteiger partial charge in [-0.2, -0.15) is 13.2 Å². The molecule has 34 heavy (non-hydrogen) atoms. The molecule has 3 rings (SSSR count). The Morgan fingerprint density at radius 1 is 0.912 bits per heavy atom. The lowest BCUT2D eigenvalue weighted by molar-refractivity contribution is -0.137. The fraction of sp³-hybridized carbons (Fsp3) is 0.357. The minimum atomic E-state index is -4.46. The summed E-state index contributed by atoms with van der Waals surface area (Å²) in [7, 11) is 1.76. The van der Waals surface area contributed by atoms with Crippen LogP contribution in [0.4, 0.5) is 13.2 Å². The minimum Gasteiger partial charge on any atom is -0.491 e. The molecule has 0 amide bonds. The number of likely N-dealkylation sites (N-methyl/N-ethyl adjacent to an activating group) is 1. The van der Waals surface area contributed by atoms with Crippen LogP contribution in [0.3, 0.4) is 0 Å². The predicted molar refractivity (Wildman–Crippen MR) is 130 cm³/mol. The van der Waals surface area contributed by atoms with Crippen LogP contribution in [0.25, 0.3) is 11.1 Å².